The van der Waals surface area contributed by atoms with E-state index in [1.54, 1.807) is 0 Å². The fraction of sp³-hybridized carbons (Fsp3) is 0.588. The smallest absolute Gasteiger partial charge is 0.124 e. The average molecular weight is 290 g/mol. The van der Waals surface area contributed by atoms with Gasteiger partial charge in [-0.1, -0.05) is 25.5 Å². The van der Waals surface area contributed by atoms with Gasteiger partial charge in [0.2, 0.25) is 0 Å². The van der Waals surface area contributed by atoms with Crippen LogP contribution in [0.1, 0.15) is 38.3 Å². The fourth-order valence-electron chi connectivity index (χ4n) is 2.62. The summed E-state index contributed by atoms with van der Waals surface area (Å²) in [4.78, 5) is 4.76. The molecule has 0 saturated heterocycles. The molecule has 0 amide bonds. The molecule has 1 rings (SSSR count). The second-order valence-corrected chi connectivity index (χ2v) is 5.39. The summed E-state index contributed by atoms with van der Waals surface area (Å²) in [6.07, 6.45) is 1.13. The van der Waals surface area contributed by atoms with E-state index in [0.717, 1.165) is 56.0 Å². The molecule has 0 saturated carbocycles. The average Bonchev–Trinajstić information content (AvgIpc) is 2.48. The van der Waals surface area contributed by atoms with Crippen LogP contribution in [-0.4, -0.2) is 43.5 Å². The standard InChI is InChI=1S/C17H30N4/c1-5-20(6-2)11-8-12-21(7-3)16-10-9-14(4)13-15(16)17(18)19/h9-10,13H,5-8,11-12H2,1-4H3,(H3,18,19). The van der Waals surface area contributed by atoms with E-state index in [1.165, 1.54) is 0 Å². The first-order valence-corrected chi connectivity index (χ1v) is 7.95. The summed E-state index contributed by atoms with van der Waals surface area (Å²) in [6.45, 7) is 13.8. The molecule has 118 valence electrons. The Morgan fingerprint density at radius 3 is 2.29 bits per heavy atom. The van der Waals surface area contributed by atoms with Crippen molar-refractivity contribution in [3.05, 3.63) is 29.3 Å². The number of nitrogens with two attached hydrogens (primary N) is 1. The van der Waals surface area contributed by atoms with Crippen LogP contribution >= 0.6 is 0 Å². The molecule has 1 aromatic rings. The Labute approximate surface area is 129 Å². The maximum Gasteiger partial charge on any atom is 0.124 e. The van der Waals surface area contributed by atoms with E-state index in [2.05, 4.69) is 42.7 Å². The van der Waals surface area contributed by atoms with Gasteiger partial charge in [-0.05, 0) is 52.0 Å². The van der Waals surface area contributed by atoms with E-state index in [9.17, 15) is 0 Å². The maximum absolute atomic E-state index is 7.79. The fourth-order valence-corrected chi connectivity index (χ4v) is 2.62. The minimum Gasteiger partial charge on any atom is -0.384 e. The van der Waals surface area contributed by atoms with Gasteiger partial charge in [0.1, 0.15) is 5.84 Å². The monoisotopic (exact) mass is 290 g/mol. The second-order valence-electron chi connectivity index (χ2n) is 5.39. The molecule has 3 N–H and O–H groups in total. The van der Waals surface area contributed by atoms with Crippen LogP contribution in [0.3, 0.4) is 0 Å². The third kappa shape index (κ3) is 5.05. The van der Waals surface area contributed by atoms with Crippen molar-refractivity contribution in [2.24, 2.45) is 5.73 Å². The van der Waals surface area contributed by atoms with Crippen LogP contribution in [0.5, 0.6) is 0 Å². The first-order valence-electron chi connectivity index (χ1n) is 7.95. The Kier molecular flexibility index (Phi) is 7.23. The third-order valence-electron chi connectivity index (χ3n) is 3.96. The molecular weight excluding hydrogens is 260 g/mol. The lowest BCUT2D eigenvalue weighted by Gasteiger charge is -2.27. The van der Waals surface area contributed by atoms with Crippen LogP contribution in [-0.2, 0) is 0 Å². The van der Waals surface area contributed by atoms with E-state index < -0.39 is 0 Å². The first-order chi connectivity index (χ1) is 10.0. The van der Waals surface area contributed by atoms with Crippen LogP contribution in [0.4, 0.5) is 5.69 Å². The number of aryl methyl sites for hydroxylation is 1. The van der Waals surface area contributed by atoms with Crippen LogP contribution < -0.4 is 10.6 Å². The van der Waals surface area contributed by atoms with Crippen LogP contribution in [0.25, 0.3) is 0 Å². The highest BCUT2D eigenvalue weighted by Gasteiger charge is 2.12. The van der Waals surface area contributed by atoms with E-state index >= 15 is 0 Å². The Bertz CT molecular complexity index is 452. The summed E-state index contributed by atoms with van der Waals surface area (Å²) in [5.74, 6) is 0.149. The molecule has 21 heavy (non-hydrogen) atoms. The van der Waals surface area contributed by atoms with Gasteiger partial charge in [0, 0.05) is 24.3 Å². The van der Waals surface area contributed by atoms with Gasteiger partial charge in [-0.25, -0.2) is 0 Å². The predicted molar refractivity (Wildman–Crippen MR) is 92.5 cm³/mol. The van der Waals surface area contributed by atoms with Gasteiger partial charge >= 0.3 is 0 Å². The van der Waals surface area contributed by atoms with Crippen molar-refractivity contribution in [2.75, 3.05) is 37.6 Å². The number of hydrogen-bond acceptors (Lipinski definition) is 3. The van der Waals surface area contributed by atoms with E-state index in [4.69, 9.17) is 11.1 Å². The normalized spacial score (nSPS) is 10.9. The van der Waals surface area contributed by atoms with Gasteiger partial charge in [0.15, 0.2) is 0 Å². The van der Waals surface area contributed by atoms with Crippen LogP contribution in [0.2, 0.25) is 0 Å². The second kappa shape index (κ2) is 8.67. The molecule has 0 aliphatic rings. The van der Waals surface area contributed by atoms with Gasteiger partial charge in [-0.2, -0.15) is 0 Å². The Balaban J connectivity index is 2.78. The van der Waals surface area contributed by atoms with Gasteiger partial charge in [-0.3, -0.25) is 5.41 Å². The van der Waals surface area contributed by atoms with E-state index in [-0.39, 0.29) is 5.84 Å². The lowest BCUT2D eigenvalue weighted by molar-refractivity contribution is 0.301. The van der Waals surface area contributed by atoms with Crippen molar-refractivity contribution in [3.63, 3.8) is 0 Å². The molecule has 0 radical (unpaired) electrons. The molecule has 0 aromatic heterocycles. The highest BCUT2D eigenvalue weighted by Crippen LogP contribution is 2.22. The van der Waals surface area contributed by atoms with Crippen LogP contribution in [0, 0.1) is 12.3 Å². The highest BCUT2D eigenvalue weighted by molar-refractivity contribution is 6.00. The zero-order valence-electron chi connectivity index (χ0n) is 13.9. The molecule has 0 atom stereocenters. The van der Waals surface area contributed by atoms with Gasteiger partial charge in [-0.15, -0.1) is 0 Å². The zero-order chi connectivity index (χ0) is 15.8. The lowest BCUT2D eigenvalue weighted by Crippen LogP contribution is -2.31. The quantitative estimate of drug-likeness (QED) is 0.543. The Hall–Kier alpha value is -1.55. The summed E-state index contributed by atoms with van der Waals surface area (Å²) in [6, 6.07) is 6.19. The lowest BCUT2D eigenvalue weighted by atomic mass is 10.1. The SMILES string of the molecule is CCN(CC)CCCN(CC)c1ccc(C)cc1C(=N)N. The van der Waals surface area contributed by atoms with Crippen molar-refractivity contribution in [1.29, 1.82) is 5.41 Å². The summed E-state index contributed by atoms with van der Waals surface area (Å²) in [5, 5.41) is 7.79. The van der Waals surface area contributed by atoms with E-state index in [0.29, 0.717) is 0 Å². The molecule has 4 nitrogen and oxygen atoms in total. The Morgan fingerprint density at radius 1 is 1.10 bits per heavy atom. The molecule has 1 aromatic carbocycles. The summed E-state index contributed by atoms with van der Waals surface area (Å²) >= 11 is 0. The summed E-state index contributed by atoms with van der Waals surface area (Å²) in [7, 11) is 0. The predicted octanol–water partition coefficient (Wildman–Crippen LogP) is 2.84. The van der Waals surface area contributed by atoms with Crippen LogP contribution in [0.15, 0.2) is 18.2 Å². The molecular formula is C17H30N4. The number of hydrogen-bond donors (Lipinski definition) is 2. The number of nitrogen functional groups attached to an aromatic ring is 1. The minimum absolute atomic E-state index is 0.149. The van der Waals surface area contributed by atoms with Gasteiger partial charge in [0.05, 0.1) is 0 Å². The third-order valence-corrected chi connectivity index (χ3v) is 3.96. The number of nitrogens with zero attached hydrogens (tertiary/aromatic N) is 2. The Morgan fingerprint density at radius 2 is 1.76 bits per heavy atom. The first kappa shape index (κ1) is 17.5. The number of rotatable bonds is 9. The largest absolute Gasteiger partial charge is 0.384 e. The maximum atomic E-state index is 7.79. The zero-order valence-corrected chi connectivity index (χ0v) is 13.9. The topological polar surface area (TPSA) is 56.4 Å². The van der Waals surface area contributed by atoms with Gasteiger partial charge in [0.25, 0.3) is 0 Å². The van der Waals surface area contributed by atoms with Crippen molar-refractivity contribution >= 4 is 11.5 Å². The number of anilines is 1. The molecule has 4 heteroatoms. The molecule has 0 fully saturated rings. The molecule has 0 spiro atoms. The molecule has 0 bridgehead atoms. The van der Waals surface area contributed by atoms with Crippen molar-refractivity contribution in [1.82, 2.24) is 4.90 Å². The minimum atomic E-state index is 0.149. The van der Waals surface area contributed by atoms with Crippen molar-refractivity contribution in [2.45, 2.75) is 34.1 Å². The van der Waals surface area contributed by atoms with Gasteiger partial charge < -0.3 is 15.5 Å². The summed E-state index contributed by atoms with van der Waals surface area (Å²) < 4.78 is 0. The van der Waals surface area contributed by atoms with Crippen molar-refractivity contribution < 1.29 is 0 Å². The molecule has 0 aliphatic heterocycles. The van der Waals surface area contributed by atoms with Crippen molar-refractivity contribution in [3.8, 4) is 0 Å². The summed E-state index contributed by atoms with van der Waals surface area (Å²) in [5.41, 5.74) is 8.81. The number of nitrogens with one attached hydrogen (secondary N) is 1. The molecule has 0 unspecified atom stereocenters. The molecule has 0 heterocycles. The number of amidine groups is 1. The highest BCUT2D eigenvalue weighted by atomic mass is 15.1. The molecule has 0 aliphatic carbocycles. The number of benzene rings is 1. The van der Waals surface area contributed by atoms with E-state index in [1.807, 2.05) is 13.0 Å².